The van der Waals surface area contributed by atoms with E-state index in [-0.39, 0.29) is 10.8 Å². The molecule has 0 spiro atoms. The van der Waals surface area contributed by atoms with Crippen LogP contribution in [-0.2, 0) is 4.79 Å². The Morgan fingerprint density at radius 2 is 2.10 bits per heavy atom. The number of carbonyl (C=O) groups excluding carboxylic acids is 1. The number of carbonyl (C=O) groups is 1. The molecular formula is C13H12N2O3S2. The smallest absolute Gasteiger partial charge is 0.269 e. The van der Waals surface area contributed by atoms with Gasteiger partial charge in [-0.1, -0.05) is 18.7 Å². The zero-order valence-corrected chi connectivity index (χ0v) is 12.4. The van der Waals surface area contributed by atoms with Gasteiger partial charge in [0, 0.05) is 12.1 Å². The molecule has 1 heterocycles. The maximum atomic E-state index is 11.8. The van der Waals surface area contributed by atoms with Gasteiger partial charge in [-0.25, -0.2) is 4.99 Å². The highest BCUT2D eigenvalue weighted by molar-refractivity contribution is 8.45. The number of hydrogen-bond acceptors (Lipinski definition) is 6. The Morgan fingerprint density at radius 1 is 1.40 bits per heavy atom. The van der Waals surface area contributed by atoms with Gasteiger partial charge in [-0.05, 0) is 47.7 Å². The topological polar surface area (TPSA) is 72.6 Å². The Hall–Kier alpha value is -1.60. The second kappa shape index (κ2) is 6.71. The first-order chi connectivity index (χ1) is 9.60. The Labute approximate surface area is 124 Å². The van der Waals surface area contributed by atoms with Crippen LogP contribution in [0, 0.1) is 10.1 Å². The van der Waals surface area contributed by atoms with Crippen LogP contribution in [0.5, 0.6) is 0 Å². The summed E-state index contributed by atoms with van der Waals surface area (Å²) in [7, 11) is 0. The highest BCUT2D eigenvalue weighted by Crippen LogP contribution is 2.31. The summed E-state index contributed by atoms with van der Waals surface area (Å²) in [5, 5.41) is 10.5. The second-order valence-corrected chi connectivity index (χ2v) is 6.30. The quantitative estimate of drug-likeness (QED) is 0.481. The minimum absolute atomic E-state index is 0.0296. The SMILES string of the molecule is CCCSC1=N/C(=C/c2ccc([N+](=O)[O-])cc2)C(=O)S1. The van der Waals surface area contributed by atoms with Crippen LogP contribution in [-0.4, -0.2) is 20.2 Å². The van der Waals surface area contributed by atoms with Gasteiger partial charge in [0.1, 0.15) is 10.1 Å². The zero-order valence-electron chi connectivity index (χ0n) is 10.7. The van der Waals surface area contributed by atoms with Crippen molar-refractivity contribution in [3.8, 4) is 0 Å². The molecule has 0 fully saturated rings. The van der Waals surface area contributed by atoms with E-state index in [1.165, 1.54) is 12.1 Å². The molecule has 1 aliphatic rings. The number of nitro benzene ring substituents is 1. The highest BCUT2D eigenvalue weighted by Gasteiger charge is 2.22. The van der Waals surface area contributed by atoms with E-state index in [9.17, 15) is 14.9 Å². The third-order valence-electron chi connectivity index (χ3n) is 2.44. The number of aliphatic imine (C=N–C) groups is 1. The van der Waals surface area contributed by atoms with Crippen molar-refractivity contribution in [2.75, 3.05) is 5.75 Å². The third-order valence-corrected chi connectivity index (χ3v) is 4.65. The Balaban J connectivity index is 2.15. The number of hydrogen-bond donors (Lipinski definition) is 0. The van der Waals surface area contributed by atoms with Gasteiger partial charge < -0.3 is 0 Å². The Bertz CT molecular complexity index is 594. The van der Waals surface area contributed by atoms with Gasteiger partial charge in [0.25, 0.3) is 5.69 Å². The van der Waals surface area contributed by atoms with Gasteiger partial charge in [-0.15, -0.1) is 0 Å². The third kappa shape index (κ3) is 3.71. The molecule has 0 aliphatic carbocycles. The van der Waals surface area contributed by atoms with Gasteiger partial charge in [-0.3, -0.25) is 14.9 Å². The number of non-ortho nitro benzene ring substituents is 1. The summed E-state index contributed by atoms with van der Waals surface area (Å²) in [6.45, 7) is 2.07. The van der Waals surface area contributed by atoms with E-state index in [0.29, 0.717) is 5.70 Å². The largest absolute Gasteiger partial charge is 0.279 e. The fourth-order valence-electron chi connectivity index (χ4n) is 1.49. The van der Waals surface area contributed by atoms with Crippen molar-refractivity contribution >= 4 is 44.8 Å². The zero-order chi connectivity index (χ0) is 14.5. The normalized spacial score (nSPS) is 16.6. The lowest BCUT2D eigenvalue weighted by atomic mass is 10.2. The summed E-state index contributed by atoms with van der Waals surface area (Å²) in [5.41, 5.74) is 1.15. The first-order valence-electron chi connectivity index (χ1n) is 6.00. The first-order valence-corrected chi connectivity index (χ1v) is 7.80. The van der Waals surface area contributed by atoms with E-state index in [1.807, 2.05) is 0 Å². The summed E-state index contributed by atoms with van der Waals surface area (Å²) in [5.74, 6) is 0.934. The highest BCUT2D eigenvalue weighted by atomic mass is 32.2. The summed E-state index contributed by atoms with van der Waals surface area (Å²) in [6, 6.07) is 6.04. The molecule has 0 bridgehead atoms. The molecule has 104 valence electrons. The standard InChI is InChI=1S/C13H12N2O3S2/c1-2-7-19-13-14-11(12(16)20-13)8-9-3-5-10(6-4-9)15(17)18/h3-6,8H,2,7H2,1H3/b11-8+. The molecule has 0 amide bonds. The molecule has 20 heavy (non-hydrogen) atoms. The molecule has 0 saturated carbocycles. The Kier molecular flexibility index (Phi) is 4.97. The molecule has 0 radical (unpaired) electrons. The van der Waals surface area contributed by atoms with Crippen molar-refractivity contribution in [3.63, 3.8) is 0 Å². The van der Waals surface area contributed by atoms with Gasteiger partial charge in [0.2, 0.25) is 5.12 Å². The van der Waals surface area contributed by atoms with Crippen LogP contribution >= 0.6 is 23.5 Å². The van der Waals surface area contributed by atoms with Gasteiger partial charge in [0.05, 0.1) is 4.92 Å². The number of nitrogens with zero attached hydrogens (tertiary/aromatic N) is 2. The van der Waals surface area contributed by atoms with Crippen LogP contribution in [0.4, 0.5) is 5.69 Å². The summed E-state index contributed by atoms with van der Waals surface area (Å²) in [4.78, 5) is 26.2. The van der Waals surface area contributed by atoms with Crippen LogP contribution < -0.4 is 0 Å². The molecule has 2 rings (SSSR count). The van der Waals surface area contributed by atoms with Gasteiger partial charge in [-0.2, -0.15) is 0 Å². The van der Waals surface area contributed by atoms with E-state index in [1.54, 1.807) is 30.0 Å². The number of benzene rings is 1. The fourth-order valence-corrected chi connectivity index (χ4v) is 3.26. The van der Waals surface area contributed by atoms with Crippen LogP contribution in [0.25, 0.3) is 6.08 Å². The summed E-state index contributed by atoms with van der Waals surface area (Å²) >= 11 is 2.71. The van der Waals surface area contributed by atoms with E-state index in [4.69, 9.17) is 0 Å². The van der Waals surface area contributed by atoms with E-state index >= 15 is 0 Å². The van der Waals surface area contributed by atoms with E-state index in [2.05, 4.69) is 11.9 Å². The number of nitro groups is 1. The van der Waals surface area contributed by atoms with E-state index in [0.717, 1.165) is 33.9 Å². The summed E-state index contributed by atoms with van der Waals surface area (Å²) < 4.78 is 0.769. The minimum atomic E-state index is -0.453. The average molecular weight is 308 g/mol. The molecule has 1 aromatic carbocycles. The molecule has 0 aromatic heterocycles. The predicted molar refractivity (Wildman–Crippen MR) is 83.9 cm³/mol. The molecule has 5 nitrogen and oxygen atoms in total. The summed E-state index contributed by atoms with van der Waals surface area (Å²) in [6.07, 6.45) is 2.68. The monoisotopic (exact) mass is 308 g/mol. The lowest BCUT2D eigenvalue weighted by molar-refractivity contribution is -0.384. The fraction of sp³-hybridized carbons (Fsp3) is 0.231. The molecule has 0 unspecified atom stereocenters. The molecule has 1 aromatic rings. The number of thioether (sulfide) groups is 2. The molecule has 7 heteroatoms. The molecular weight excluding hydrogens is 296 g/mol. The van der Waals surface area contributed by atoms with Crippen molar-refractivity contribution in [1.82, 2.24) is 0 Å². The van der Waals surface area contributed by atoms with Crippen molar-refractivity contribution in [1.29, 1.82) is 0 Å². The van der Waals surface area contributed by atoms with Crippen LogP contribution in [0.3, 0.4) is 0 Å². The lowest BCUT2D eigenvalue weighted by Crippen LogP contribution is -1.89. The van der Waals surface area contributed by atoms with Crippen molar-refractivity contribution < 1.29 is 9.72 Å². The average Bonchev–Trinajstić information content (AvgIpc) is 2.77. The van der Waals surface area contributed by atoms with Gasteiger partial charge in [0.15, 0.2) is 0 Å². The molecule has 1 aliphatic heterocycles. The van der Waals surface area contributed by atoms with Crippen LogP contribution in [0.15, 0.2) is 35.0 Å². The number of rotatable bonds is 4. The van der Waals surface area contributed by atoms with Crippen molar-refractivity contribution in [2.24, 2.45) is 4.99 Å². The lowest BCUT2D eigenvalue weighted by Gasteiger charge is -1.94. The molecule has 0 atom stereocenters. The van der Waals surface area contributed by atoms with Crippen LogP contribution in [0.2, 0.25) is 0 Å². The molecule has 0 saturated heterocycles. The Morgan fingerprint density at radius 3 is 2.70 bits per heavy atom. The van der Waals surface area contributed by atoms with E-state index < -0.39 is 4.92 Å². The second-order valence-electron chi connectivity index (χ2n) is 3.99. The first kappa shape index (κ1) is 14.8. The molecule has 0 N–H and O–H groups in total. The maximum absolute atomic E-state index is 11.8. The van der Waals surface area contributed by atoms with Crippen LogP contribution in [0.1, 0.15) is 18.9 Å². The maximum Gasteiger partial charge on any atom is 0.269 e. The van der Waals surface area contributed by atoms with Gasteiger partial charge >= 0.3 is 0 Å². The minimum Gasteiger partial charge on any atom is -0.279 e. The van der Waals surface area contributed by atoms with Crippen molar-refractivity contribution in [3.05, 3.63) is 45.6 Å². The van der Waals surface area contributed by atoms with Crippen molar-refractivity contribution in [2.45, 2.75) is 13.3 Å². The predicted octanol–water partition coefficient (Wildman–Crippen LogP) is 3.71.